The zero-order valence-electron chi connectivity index (χ0n) is 11.6. The fraction of sp³-hybridized carbons (Fsp3) is 0.333. The predicted molar refractivity (Wildman–Crippen MR) is 83.4 cm³/mol. The monoisotopic (exact) mass is 296 g/mol. The average molecular weight is 297 g/mol. The number of halogens is 2. The third-order valence-corrected chi connectivity index (χ3v) is 4.32. The molecule has 0 bridgehead atoms. The van der Waals surface area contributed by atoms with E-state index in [0.717, 1.165) is 22.8 Å². The highest BCUT2D eigenvalue weighted by Gasteiger charge is 2.08. The fourth-order valence-corrected chi connectivity index (χ4v) is 2.53. The van der Waals surface area contributed by atoms with Crippen molar-refractivity contribution in [1.29, 1.82) is 0 Å². The third-order valence-electron chi connectivity index (χ3n) is 3.60. The number of nitrogens with one attached hydrogen (secondary N) is 1. The van der Waals surface area contributed by atoms with Crippen molar-refractivity contribution < 1.29 is 0 Å². The zero-order chi connectivity index (χ0) is 14.2. The molecule has 0 radical (unpaired) electrons. The molecule has 102 valence electrons. The maximum absolute atomic E-state index is 6.22. The number of rotatable bonds is 3. The SMILES string of the molecule is Cc1cc(Cl)c(NCc2cc(C)n(C)c2C)cc1Cl. The van der Waals surface area contributed by atoms with E-state index in [0.29, 0.717) is 5.02 Å². The van der Waals surface area contributed by atoms with Gasteiger partial charge in [-0.15, -0.1) is 0 Å². The van der Waals surface area contributed by atoms with Crippen molar-refractivity contribution in [2.24, 2.45) is 7.05 Å². The molecule has 1 heterocycles. The molecule has 0 spiro atoms. The van der Waals surface area contributed by atoms with Crippen molar-refractivity contribution in [2.75, 3.05) is 5.32 Å². The van der Waals surface area contributed by atoms with Crippen molar-refractivity contribution in [2.45, 2.75) is 27.3 Å². The van der Waals surface area contributed by atoms with Crippen molar-refractivity contribution in [3.8, 4) is 0 Å². The Balaban J connectivity index is 2.19. The normalized spacial score (nSPS) is 10.8. The largest absolute Gasteiger partial charge is 0.380 e. The van der Waals surface area contributed by atoms with Crippen molar-refractivity contribution in [3.05, 3.63) is 50.8 Å². The number of benzene rings is 1. The lowest BCUT2D eigenvalue weighted by atomic mass is 10.2. The Morgan fingerprint density at radius 2 is 1.74 bits per heavy atom. The average Bonchev–Trinajstić information content (AvgIpc) is 2.60. The van der Waals surface area contributed by atoms with E-state index in [4.69, 9.17) is 23.2 Å². The summed E-state index contributed by atoms with van der Waals surface area (Å²) in [7, 11) is 2.07. The number of anilines is 1. The van der Waals surface area contributed by atoms with Gasteiger partial charge in [0.1, 0.15) is 0 Å². The fourth-order valence-electron chi connectivity index (χ4n) is 2.08. The molecular formula is C15H18Cl2N2. The summed E-state index contributed by atoms with van der Waals surface area (Å²) >= 11 is 12.3. The summed E-state index contributed by atoms with van der Waals surface area (Å²) < 4.78 is 2.18. The van der Waals surface area contributed by atoms with Gasteiger partial charge in [0.15, 0.2) is 0 Å². The lowest BCUT2D eigenvalue weighted by Gasteiger charge is -2.10. The number of aromatic nitrogens is 1. The number of aryl methyl sites for hydroxylation is 2. The topological polar surface area (TPSA) is 17.0 Å². The molecule has 1 aromatic carbocycles. The predicted octanol–water partition coefficient (Wildman–Crippen LogP) is 4.87. The maximum Gasteiger partial charge on any atom is 0.0641 e. The standard InChI is InChI=1S/C15H18Cl2N2/c1-9-5-14(17)15(7-13(9)16)18-8-12-6-10(2)19(4)11(12)3/h5-7,18H,8H2,1-4H3. The molecule has 4 heteroatoms. The molecule has 0 aliphatic heterocycles. The Kier molecular flexibility index (Phi) is 4.12. The summed E-state index contributed by atoms with van der Waals surface area (Å²) in [6.45, 7) is 6.91. The molecule has 0 aliphatic rings. The van der Waals surface area contributed by atoms with Crippen molar-refractivity contribution in [3.63, 3.8) is 0 Å². The van der Waals surface area contributed by atoms with E-state index >= 15 is 0 Å². The summed E-state index contributed by atoms with van der Waals surface area (Å²) in [4.78, 5) is 0. The van der Waals surface area contributed by atoms with Crippen LogP contribution >= 0.6 is 23.2 Å². The van der Waals surface area contributed by atoms with Crippen LogP contribution in [0, 0.1) is 20.8 Å². The van der Waals surface area contributed by atoms with Crippen LogP contribution in [0.15, 0.2) is 18.2 Å². The first kappa shape index (κ1) is 14.3. The molecular weight excluding hydrogens is 279 g/mol. The van der Waals surface area contributed by atoms with Crippen LogP contribution in [-0.2, 0) is 13.6 Å². The van der Waals surface area contributed by atoms with E-state index in [1.807, 2.05) is 19.1 Å². The van der Waals surface area contributed by atoms with E-state index in [1.54, 1.807) is 0 Å². The molecule has 0 unspecified atom stereocenters. The minimum atomic E-state index is 0.701. The Hall–Kier alpha value is -1.12. The van der Waals surface area contributed by atoms with Crippen LogP contribution in [0.3, 0.4) is 0 Å². The molecule has 0 amide bonds. The molecule has 2 nitrogen and oxygen atoms in total. The summed E-state index contributed by atoms with van der Waals surface area (Å²) in [5, 5.41) is 4.78. The lowest BCUT2D eigenvalue weighted by molar-refractivity contribution is 0.837. The maximum atomic E-state index is 6.22. The summed E-state index contributed by atoms with van der Waals surface area (Å²) in [6, 6.07) is 5.95. The Morgan fingerprint density at radius 3 is 2.32 bits per heavy atom. The Bertz CT molecular complexity index is 615. The molecule has 2 aromatic rings. The van der Waals surface area contributed by atoms with Crippen LogP contribution < -0.4 is 5.32 Å². The highest BCUT2D eigenvalue weighted by Crippen LogP contribution is 2.29. The second-order valence-corrected chi connectivity index (χ2v) is 5.70. The van der Waals surface area contributed by atoms with Crippen LogP contribution in [0.4, 0.5) is 5.69 Å². The van der Waals surface area contributed by atoms with Crippen LogP contribution in [0.1, 0.15) is 22.5 Å². The molecule has 0 saturated carbocycles. The van der Waals surface area contributed by atoms with Crippen LogP contribution in [0.25, 0.3) is 0 Å². The van der Waals surface area contributed by atoms with Crippen LogP contribution in [-0.4, -0.2) is 4.57 Å². The van der Waals surface area contributed by atoms with Gasteiger partial charge in [-0.05, 0) is 50.1 Å². The molecule has 19 heavy (non-hydrogen) atoms. The minimum Gasteiger partial charge on any atom is -0.380 e. The highest BCUT2D eigenvalue weighted by atomic mass is 35.5. The van der Waals surface area contributed by atoms with Gasteiger partial charge in [-0.25, -0.2) is 0 Å². The van der Waals surface area contributed by atoms with E-state index in [2.05, 4.69) is 36.8 Å². The Morgan fingerprint density at radius 1 is 1.05 bits per heavy atom. The van der Waals surface area contributed by atoms with Gasteiger partial charge < -0.3 is 9.88 Å². The smallest absolute Gasteiger partial charge is 0.0641 e. The van der Waals surface area contributed by atoms with Gasteiger partial charge >= 0.3 is 0 Å². The first-order valence-corrected chi connectivity index (χ1v) is 6.97. The van der Waals surface area contributed by atoms with E-state index in [9.17, 15) is 0 Å². The van der Waals surface area contributed by atoms with Gasteiger partial charge in [0.2, 0.25) is 0 Å². The van der Waals surface area contributed by atoms with Gasteiger partial charge in [-0.1, -0.05) is 23.2 Å². The van der Waals surface area contributed by atoms with E-state index < -0.39 is 0 Å². The molecule has 0 saturated heterocycles. The number of hydrogen-bond donors (Lipinski definition) is 1. The summed E-state index contributed by atoms with van der Waals surface area (Å²) in [5.74, 6) is 0. The molecule has 1 N–H and O–H groups in total. The quantitative estimate of drug-likeness (QED) is 0.855. The highest BCUT2D eigenvalue weighted by molar-refractivity contribution is 6.35. The third kappa shape index (κ3) is 2.90. The van der Waals surface area contributed by atoms with Gasteiger partial charge in [-0.3, -0.25) is 0 Å². The summed E-state index contributed by atoms with van der Waals surface area (Å²) in [5.41, 5.74) is 5.65. The van der Waals surface area contributed by atoms with Gasteiger partial charge in [0, 0.05) is 30.0 Å². The van der Waals surface area contributed by atoms with Crippen LogP contribution in [0.2, 0.25) is 10.0 Å². The second kappa shape index (κ2) is 5.48. The molecule has 2 rings (SSSR count). The molecule has 0 atom stereocenters. The lowest BCUT2D eigenvalue weighted by Crippen LogP contribution is -2.02. The van der Waals surface area contributed by atoms with Crippen molar-refractivity contribution in [1.82, 2.24) is 4.57 Å². The van der Waals surface area contributed by atoms with E-state index in [-0.39, 0.29) is 0 Å². The molecule has 1 aromatic heterocycles. The minimum absolute atomic E-state index is 0.701. The Labute approximate surface area is 124 Å². The second-order valence-electron chi connectivity index (χ2n) is 4.89. The first-order chi connectivity index (χ1) is 8.90. The van der Waals surface area contributed by atoms with Crippen LogP contribution in [0.5, 0.6) is 0 Å². The van der Waals surface area contributed by atoms with Crippen molar-refractivity contribution >= 4 is 28.9 Å². The van der Waals surface area contributed by atoms with Gasteiger partial charge in [0.25, 0.3) is 0 Å². The molecule has 0 aliphatic carbocycles. The summed E-state index contributed by atoms with van der Waals surface area (Å²) in [6.07, 6.45) is 0. The zero-order valence-corrected chi connectivity index (χ0v) is 13.2. The first-order valence-electron chi connectivity index (χ1n) is 6.21. The number of nitrogens with zero attached hydrogens (tertiary/aromatic N) is 1. The number of hydrogen-bond acceptors (Lipinski definition) is 1. The van der Waals surface area contributed by atoms with Gasteiger partial charge in [-0.2, -0.15) is 0 Å². The molecule has 0 fully saturated rings. The van der Waals surface area contributed by atoms with Gasteiger partial charge in [0.05, 0.1) is 10.7 Å². The van der Waals surface area contributed by atoms with E-state index in [1.165, 1.54) is 17.0 Å².